The molecule has 0 spiro atoms. The molecule has 6 nitrogen and oxygen atoms in total. The van der Waals surface area contributed by atoms with E-state index in [-0.39, 0.29) is 10.8 Å². The topological polar surface area (TPSA) is 69.0 Å². The van der Waals surface area contributed by atoms with E-state index in [4.69, 9.17) is 16.3 Å². The van der Waals surface area contributed by atoms with Crippen LogP contribution in [0.25, 0.3) is 10.2 Å². The van der Waals surface area contributed by atoms with Gasteiger partial charge in [-0.2, -0.15) is 4.98 Å². The van der Waals surface area contributed by atoms with Crippen LogP contribution in [0.5, 0.6) is 5.75 Å². The standard InChI is InChI=1S/C21H18ClFN4O2S/c1-11-6-19-17(24-12(2)30-19)8-16(11)25-21-26-20(28)18(29-3)10-27(21)9-13-4-5-15(23)14(22)7-13/h4-8,10H,9H2,1-3H3,(H,25,26,28). The molecule has 0 aliphatic rings. The van der Waals surface area contributed by atoms with Crippen LogP contribution in [0.4, 0.5) is 16.0 Å². The molecule has 1 N–H and O–H groups in total. The highest BCUT2D eigenvalue weighted by Crippen LogP contribution is 2.29. The molecule has 0 aliphatic heterocycles. The number of anilines is 2. The average Bonchev–Trinajstić information content (AvgIpc) is 3.05. The Morgan fingerprint density at radius 3 is 2.77 bits per heavy atom. The first-order valence-electron chi connectivity index (χ1n) is 9.08. The summed E-state index contributed by atoms with van der Waals surface area (Å²) >= 11 is 7.54. The normalized spacial score (nSPS) is 11.1. The Labute approximate surface area is 180 Å². The number of benzene rings is 2. The fourth-order valence-corrected chi connectivity index (χ4v) is 4.22. The highest BCUT2D eigenvalue weighted by Gasteiger charge is 2.13. The Kier molecular flexibility index (Phi) is 5.44. The monoisotopic (exact) mass is 444 g/mol. The van der Waals surface area contributed by atoms with Crippen LogP contribution in [0, 0.1) is 19.7 Å². The van der Waals surface area contributed by atoms with Gasteiger partial charge in [-0.1, -0.05) is 17.7 Å². The molecule has 0 radical (unpaired) electrons. The van der Waals surface area contributed by atoms with Crippen LogP contribution in [-0.2, 0) is 6.54 Å². The second-order valence-electron chi connectivity index (χ2n) is 6.81. The summed E-state index contributed by atoms with van der Waals surface area (Å²) in [6.07, 6.45) is 1.57. The van der Waals surface area contributed by atoms with Gasteiger partial charge in [0.15, 0.2) is 0 Å². The fourth-order valence-electron chi connectivity index (χ4n) is 3.11. The summed E-state index contributed by atoms with van der Waals surface area (Å²) in [7, 11) is 1.41. The lowest BCUT2D eigenvalue weighted by Crippen LogP contribution is -2.19. The summed E-state index contributed by atoms with van der Waals surface area (Å²) in [5, 5.41) is 4.25. The molecule has 0 amide bonds. The van der Waals surface area contributed by atoms with Crippen molar-refractivity contribution in [2.45, 2.75) is 20.4 Å². The number of methoxy groups -OCH3 is 1. The summed E-state index contributed by atoms with van der Waals surface area (Å²) < 4.78 is 21.5. The Hall–Kier alpha value is -2.97. The molecule has 4 aromatic rings. The molecule has 2 heterocycles. The van der Waals surface area contributed by atoms with Crippen molar-refractivity contribution in [1.29, 1.82) is 0 Å². The van der Waals surface area contributed by atoms with E-state index in [0.717, 1.165) is 32.0 Å². The summed E-state index contributed by atoms with van der Waals surface area (Å²) in [6, 6.07) is 8.46. The number of fused-ring (bicyclic) bond motifs is 1. The van der Waals surface area contributed by atoms with E-state index in [0.29, 0.717) is 12.5 Å². The van der Waals surface area contributed by atoms with Gasteiger partial charge in [0, 0.05) is 5.69 Å². The molecular formula is C21H18ClFN4O2S. The zero-order chi connectivity index (χ0) is 21.4. The van der Waals surface area contributed by atoms with Crippen molar-refractivity contribution in [3.05, 3.63) is 73.9 Å². The lowest BCUT2D eigenvalue weighted by Gasteiger charge is -2.16. The maximum atomic E-state index is 13.5. The average molecular weight is 445 g/mol. The van der Waals surface area contributed by atoms with Crippen LogP contribution in [0.3, 0.4) is 0 Å². The quantitative estimate of drug-likeness (QED) is 0.465. The number of nitrogens with one attached hydrogen (secondary N) is 1. The van der Waals surface area contributed by atoms with Crippen LogP contribution >= 0.6 is 22.9 Å². The van der Waals surface area contributed by atoms with Crippen molar-refractivity contribution >= 4 is 44.8 Å². The number of hydrogen-bond donors (Lipinski definition) is 1. The molecule has 154 valence electrons. The highest BCUT2D eigenvalue weighted by atomic mass is 35.5. The Bertz CT molecular complexity index is 1320. The van der Waals surface area contributed by atoms with Crippen LogP contribution in [-0.4, -0.2) is 21.6 Å². The number of aromatic nitrogens is 3. The maximum absolute atomic E-state index is 13.5. The minimum atomic E-state index is -0.489. The van der Waals surface area contributed by atoms with Crippen molar-refractivity contribution in [3.8, 4) is 5.75 Å². The zero-order valence-electron chi connectivity index (χ0n) is 16.5. The summed E-state index contributed by atoms with van der Waals surface area (Å²) in [5.41, 5.74) is 2.91. The Morgan fingerprint density at radius 1 is 1.23 bits per heavy atom. The summed E-state index contributed by atoms with van der Waals surface area (Å²) in [5.74, 6) is -0.0523. The largest absolute Gasteiger partial charge is 0.490 e. The molecule has 2 aromatic heterocycles. The van der Waals surface area contributed by atoms with Crippen molar-refractivity contribution in [2.75, 3.05) is 12.4 Å². The second-order valence-corrected chi connectivity index (χ2v) is 8.45. The third kappa shape index (κ3) is 4.01. The smallest absolute Gasteiger partial charge is 0.316 e. The Balaban J connectivity index is 1.76. The predicted octanol–water partition coefficient (Wildman–Crippen LogP) is 5.06. The molecule has 0 saturated heterocycles. The van der Waals surface area contributed by atoms with Crippen molar-refractivity contribution in [2.24, 2.45) is 0 Å². The van der Waals surface area contributed by atoms with E-state index in [1.807, 2.05) is 26.0 Å². The highest BCUT2D eigenvalue weighted by molar-refractivity contribution is 7.18. The molecule has 0 aliphatic carbocycles. The van der Waals surface area contributed by atoms with Gasteiger partial charge in [0.1, 0.15) is 5.82 Å². The minimum Gasteiger partial charge on any atom is -0.490 e. The van der Waals surface area contributed by atoms with Crippen molar-refractivity contribution < 1.29 is 9.13 Å². The van der Waals surface area contributed by atoms with E-state index in [1.165, 1.54) is 13.2 Å². The van der Waals surface area contributed by atoms with Gasteiger partial charge >= 0.3 is 5.56 Å². The molecule has 9 heteroatoms. The van der Waals surface area contributed by atoms with E-state index >= 15 is 0 Å². The van der Waals surface area contributed by atoms with E-state index in [1.54, 1.807) is 34.2 Å². The van der Waals surface area contributed by atoms with E-state index in [2.05, 4.69) is 15.3 Å². The van der Waals surface area contributed by atoms with Crippen LogP contribution in [0.1, 0.15) is 16.1 Å². The van der Waals surface area contributed by atoms with E-state index < -0.39 is 11.4 Å². The molecule has 4 rings (SSSR count). The first kappa shape index (κ1) is 20.3. The van der Waals surface area contributed by atoms with Crippen LogP contribution in [0.2, 0.25) is 5.02 Å². The third-order valence-corrected chi connectivity index (χ3v) is 5.83. The molecule has 0 atom stereocenters. The lowest BCUT2D eigenvalue weighted by molar-refractivity contribution is 0.402. The van der Waals surface area contributed by atoms with E-state index in [9.17, 15) is 9.18 Å². The van der Waals surface area contributed by atoms with Crippen molar-refractivity contribution in [1.82, 2.24) is 14.5 Å². The van der Waals surface area contributed by atoms with Gasteiger partial charge in [0.25, 0.3) is 0 Å². The molecule has 0 bridgehead atoms. The van der Waals surface area contributed by atoms with Crippen LogP contribution in [0.15, 0.2) is 41.3 Å². The number of nitrogens with zero attached hydrogens (tertiary/aromatic N) is 3. The predicted molar refractivity (Wildman–Crippen MR) is 118 cm³/mol. The maximum Gasteiger partial charge on any atom is 0.316 e. The number of thiazole rings is 1. The SMILES string of the molecule is COc1cn(Cc2ccc(F)c(Cl)c2)c(Nc2cc3nc(C)sc3cc2C)nc1=O. The first-order valence-corrected chi connectivity index (χ1v) is 10.3. The Morgan fingerprint density at radius 2 is 2.03 bits per heavy atom. The first-order chi connectivity index (χ1) is 14.3. The van der Waals surface area contributed by atoms with Gasteiger partial charge in [0.05, 0.1) is 40.1 Å². The van der Waals surface area contributed by atoms with Gasteiger partial charge in [-0.25, -0.2) is 9.37 Å². The molecule has 0 saturated carbocycles. The third-order valence-electron chi connectivity index (χ3n) is 4.61. The molecule has 0 fully saturated rings. The minimum absolute atomic E-state index is 0.0307. The van der Waals surface area contributed by atoms with Gasteiger partial charge < -0.3 is 14.6 Å². The van der Waals surface area contributed by atoms with Gasteiger partial charge in [-0.3, -0.25) is 4.79 Å². The molecule has 2 aromatic carbocycles. The number of rotatable bonds is 5. The number of halogens is 2. The molecule has 30 heavy (non-hydrogen) atoms. The van der Waals surface area contributed by atoms with Crippen LogP contribution < -0.4 is 15.6 Å². The number of hydrogen-bond acceptors (Lipinski definition) is 6. The number of aryl methyl sites for hydroxylation is 2. The van der Waals surface area contributed by atoms with Gasteiger partial charge in [-0.05, 0) is 49.2 Å². The second kappa shape index (κ2) is 8.04. The zero-order valence-corrected chi connectivity index (χ0v) is 18.1. The summed E-state index contributed by atoms with van der Waals surface area (Å²) in [4.78, 5) is 21.0. The van der Waals surface area contributed by atoms with Gasteiger partial charge in [-0.15, -0.1) is 11.3 Å². The molecule has 0 unspecified atom stereocenters. The lowest BCUT2D eigenvalue weighted by atomic mass is 10.2. The fraction of sp³-hybridized carbons (Fsp3) is 0.190. The number of ether oxygens (including phenoxy) is 1. The molecular weight excluding hydrogens is 427 g/mol. The van der Waals surface area contributed by atoms with Crippen molar-refractivity contribution in [3.63, 3.8) is 0 Å². The summed E-state index contributed by atoms with van der Waals surface area (Å²) in [6.45, 7) is 4.25. The van der Waals surface area contributed by atoms with Gasteiger partial charge in [0.2, 0.25) is 11.7 Å².